The molecular formula is C18H27NO3. The molecule has 0 unspecified atom stereocenters. The van der Waals surface area contributed by atoms with Crippen molar-refractivity contribution in [3.05, 3.63) is 35.4 Å². The first kappa shape index (κ1) is 18.2. The van der Waals surface area contributed by atoms with E-state index in [9.17, 15) is 9.59 Å². The molecule has 1 aromatic carbocycles. The molecule has 0 bridgehead atoms. The van der Waals surface area contributed by atoms with E-state index in [0.717, 1.165) is 5.56 Å². The summed E-state index contributed by atoms with van der Waals surface area (Å²) in [7, 11) is 0. The molecule has 122 valence electrons. The monoisotopic (exact) mass is 305 g/mol. The van der Waals surface area contributed by atoms with Crippen LogP contribution in [0.1, 0.15) is 52.7 Å². The van der Waals surface area contributed by atoms with Crippen molar-refractivity contribution in [3.8, 4) is 0 Å². The minimum atomic E-state index is -0.566. The van der Waals surface area contributed by atoms with Crippen LogP contribution in [0.25, 0.3) is 0 Å². The number of alkyl carbamates (subject to hydrolysis) is 1. The molecule has 22 heavy (non-hydrogen) atoms. The first-order valence-electron chi connectivity index (χ1n) is 7.55. The molecule has 0 atom stereocenters. The number of carbonyl (C=O) groups is 2. The summed E-state index contributed by atoms with van der Waals surface area (Å²) in [4.78, 5) is 23.4. The van der Waals surface area contributed by atoms with Crippen LogP contribution in [-0.4, -0.2) is 24.0 Å². The molecule has 0 saturated heterocycles. The Bertz CT molecular complexity index is 519. The van der Waals surface area contributed by atoms with E-state index in [4.69, 9.17) is 4.74 Å². The van der Waals surface area contributed by atoms with Gasteiger partial charge in [0.2, 0.25) is 0 Å². The van der Waals surface area contributed by atoms with Crippen molar-refractivity contribution in [3.63, 3.8) is 0 Å². The summed E-state index contributed by atoms with van der Waals surface area (Å²) in [5.74, 6) is -0.0469. The number of hydrogen-bond donors (Lipinski definition) is 1. The second-order valence-corrected chi connectivity index (χ2v) is 7.52. The Balaban J connectivity index is 2.47. The molecule has 0 aromatic heterocycles. The van der Waals surface area contributed by atoms with Gasteiger partial charge in [-0.15, -0.1) is 0 Å². The Labute approximate surface area is 133 Å². The average molecular weight is 305 g/mol. The van der Waals surface area contributed by atoms with Gasteiger partial charge in [-0.25, -0.2) is 4.79 Å². The number of hydrogen-bond acceptors (Lipinski definition) is 3. The van der Waals surface area contributed by atoms with Gasteiger partial charge in [0.05, 0.1) is 6.54 Å². The van der Waals surface area contributed by atoms with E-state index < -0.39 is 11.7 Å². The first-order valence-corrected chi connectivity index (χ1v) is 7.55. The normalized spacial score (nSPS) is 11.9. The third-order valence-corrected chi connectivity index (χ3v) is 3.05. The van der Waals surface area contributed by atoms with Gasteiger partial charge < -0.3 is 10.1 Å². The lowest BCUT2D eigenvalue weighted by Crippen LogP contribution is -2.35. The van der Waals surface area contributed by atoms with Gasteiger partial charge in [-0.3, -0.25) is 4.79 Å². The van der Waals surface area contributed by atoms with Crippen LogP contribution < -0.4 is 5.32 Å². The van der Waals surface area contributed by atoms with Gasteiger partial charge in [-0.2, -0.15) is 0 Å². The number of carbonyl (C=O) groups excluding carboxylic acids is 2. The molecule has 0 aliphatic carbocycles. The summed E-state index contributed by atoms with van der Waals surface area (Å²) in [6.45, 7) is 11.8. The minimum absolute atomic E-state index is 0.0179. The molecule has 4 nitrogen and oxygen atoms in total. The van der Waals surface area contributed by atoms with Gasteiger partial charge >= 0.3 is 6.09 Å². The van der Waals surface area contributed by atoms with E-state index in [1.165, 1.54) is 5.56 Å². The molecule has 1 aromatic rings. The zero-order valence-corrected chi connectivity index (χ0v) is 14.4. The smallest absolute Gasteiger partial charge is 0.408 e. The average Bonchev–Trinajstić information content (AvgIpc) is 2.34. The lowest BCUT2D eigenvalue weighted by atomic mass is 9.86. The van der Waals surface area contributed by atoms with Crippen molar-refractivity contribution in [2.24, 2.45) is 0 Å². The molecule has 1 N–H and O–H groups in total. The Kier molecular flexibility index (Phi) is 5.75. The summed E-state index contributed by atoms with van der Waals surface area (Å²) in [5, 5.41) is 2.48. The summed E-state index contributed by atoms with van der Waals surface area (Å²) < 4.78 is 5.09. The Morgan fingerprint density at radius 3 is 2.00 bits per heavy atom. The van der Waals surface area contributed by atoms with E-state index in [1.54, 1.807) is 20.8 Å². The third kappa shape index (κ3) is 6.74. The van der Waals surface area contributed by atoms with Crippen LogP contribution in [0.5, 0.6) is 0 Å². The van der Waals surface area contributed by atoms with Crippen LogP contribution >= 0.6 is 0 Å². The fraction of sp³-hybridized carbons (Fsp3) is 0.556. The van der Waals surface area contributed by atoms with Gasteiger partial charge in [-0.05, 0) is 37.3 Å². The Hall–Kier alpha value is -1.84. The van der Waals surface area contributed by atoms with Crippen molar-refractivity contribution in [2.45, 2.75) is 59.0 Å². The van der Waals surface area contributed by atoms with Crippen LogP contribution in [0.2, 0.25) is 0 Å². The molecule has 0 radical (unpaired) electrons. The summed E-state index contributed by atoms with van der Waals surface area (Å²) in [6.07, 6.45) is -0.260. The van der Waals surface area contributed by atoms with Gasteiger partial charge in [-0.1, -0.05) is 45.0 Å². The van der Waals surface area contributed by atoms with Gasteiger partial charge in [0, 0.05) is 6.42 Å². The maximum absolute atomic E-state index is 11.9. The third-order valence-electron chi connectivity index (χ3n) is 3.05. The van der Waals surface area contributed by atoms with Crippen molar-refractivity contribution in [2.75, 3.05) is 6.54 Å². The highest BCUT2D eigenvalue weighted by atomic mass is 16.6. The lowest BCUT2D eigenvalue weighted by Gasteiger charge is -2.19. The number of nitrogens with one attached hydrogen (secondary N) is 1. The molecule has 0 heterocycles. The summed E-state index contributed by atoms with van der Waals surface area (Å²) in [6, 6.07) is 8.02. The first-order chi connectivity index (χ1) is 9.97. The molecule has 0 fully saturated rings. The Morgan fingerprint density at radius 2 is 1.55 bits per heavy atom. The molecule has 1 rings (SSSR count). The van der Waals surface area contributed by atoms with E-state index in [-0.39, 0.29) is 17.7 Å². The van der Waals surface area contributed by atoms with E-state index >= 15 is 0 Å². The maximum atomic E-state index is 11.9. The molecule has 4 heteroatoms. The van der Waals surface area contributed by atoms with Crippen LogP contribution in [-0.2, 0) is 21.4 Å². The SMILES string of the molecule is CC(C)(C)OC(=O)NCC(=O)Cc1ccc(C(C)(C)C)cc1. The molecular weight excluding hydrogens is 278 g/mol. The molecule has 1 amide bonds. The Morgan fingerprint density at radius 1 is 1.00 bits per heavy atom. The van der Waals surface area contributed by atoms with Crippen LogP contribution in [0, 0.1) is 0 Å². The second kappa shape index (κ2) is 6.95. The van der Waals surface area contributed by atoms with Crippen molar-refractivity contribution in [1.29, 1.82) is 0 Å². The molecule has 0 saturated carbocycles. The number of amides is 1. The fourth-order valence-corrected chi connectivity index (χ4v) is 1.90. The predicted octanol–water partition coefficient (Wildman–Crippen LogP) is 3.62. The summed E-state index contributed by atoms with van der Waals surface area (Å²) in [5.41, 5.74) is 1.72. The van der Waals surface area contributed by atoms with Gasteiger partial charge in [0.25, 0.3) is 0 Å². The van der Waals surface area contributed by atoms with E-state index in [0.29, 0.717) is 6.42 Å². The van der Waals surface area contributed by atoms with Crippen molar-refractivity contribution in [1.82, 2.24) is 5.32 Å². The number of benzene rings is 1. The van der Waals surface area contributed by atoms with Crippen LogP contribution in [0.3, 0.4) is 0 Å². The van der Waals surface area contributed by atoms with Gasteiger partial charge in [0.1, 0.15) is 5.60 Å². The fourth-order valence-electron chi connectivity index (χ4n) is 1.90. The summed E-state index contributed by atoms with van der Waals surface area (Å²) >= 11 is 0. The number of rotatable bonds is 4. The highest BCUT2D eigenvalue weighted by Gasteiger charge is 2.17. The molecule has 0 aliphatic rings. The second-order valence-electron chi connectivity index (χ2n) is 7.52. The molecule has 0 aliphatic heterocycles. The zero-order valence-electron chi connectivity index (χ0n) is 14.4. The highest BCUT2D eigenvalue weighted by molar-refractivity contribution is 5.85. The maximum Gasteiger partial charge on any atom is 0.408 e. The van der Waals surface area contributed by atoms with Crippen LogP contribution in [0.15, 0.2) is 24.3 Å². The topological polar surface area (TPSA) is 55.4 Å². The van der Waals surface area contributed by atoms with E-state index in [1.807, 2.05) is 24.3 Å². The number of ketones is 1. The largest absolute Gasteiger partial charge is 0.444 e. The predicted molar refractivity (Wildman–Crippen MR) is 88.1 cm³/mol. The van der Waals surface area contributed by atoms with E-state index in [2.05, 4.69) is 26.1 Å². The number of Topliss-reactive ketones (excluding diaryl/α,β-unsaturated/α-hetero) is 1. The number of ether oxygens (including phenoxy) is 1. The standard InChI is InChI=1S/C18H27NO3/c1-17(2,3)14-9-7-13(8-10-14)11-15(20)12-19-16(21)22-18(4,5)6/h7-10H,11-12H2,1-6H3,(H,19,21). The lowest BCUT2D eigenvalue weighted by molar-refractivity contribution is -0.117. The minimum Gasteiger partial charge on any atom is -0.444 e. The highest BCUT2D eigenvalue weighted by Crippen LogP contribution is 2.22. The molecule has 0 spiro atoms. The van der Waals surface area contributed by atoms with Crippen LogP contribution in [0.4, 0.5) is 4.79 Å². The zero-order chi connectivity index (χ0) is 17.0. The quantitative estimate of drug-likeness (QED) is 0.924. The van der Waals surface area contributed by atoms with Crippen molar-refractivity contribution < 1.29 is 14.3 Å². The van der Waals surface area contributed by atoms with Gasteiger partial charge in [0.15, 0.2) is 5.78 Å². The van der Waals surface area contributed by atoms with Crippen molar-refractivity contribution >= 4 is 11.9 Å².